The van der Waals surface area contributed by atoms with Crippen LogP contribution < -0.4 is 4.74 Å². The highest BCUT2D eigenvalue weighted by molar-refractivity contribution is 8.00. The van der Waals surface area contributed by atoms with Crippen LogP contribution in [0.1, 0.15) is 24.2 Å². The Bertz CT molecular complexity index is 405. The number of carbonyl (C=O) groups excluding carboxylic acids is 1. The number of methoxy groups -OCH3 is 1. The highest BCUT2D eigenvalue weighted by Gasteiger charge is 2.29. The van der Waals surface area contributed by atoms with Crippen LogP contribution in [0, 0.1) is 0 Å². The Balaban J connectivity index is 2.08. The maximum Gasteiger partial charge on any atom is 0.319 e. The van der Waals surface area contributed by atoms with Gasteiger partial charge in [-0.3, -0.25) is 4.79 Å². The number of hydrogen-bond acceptors (Lipinski definition) is 4. The van der Waals surface area contributed by atoms with E-state index in [9.17, 15) is 4.79 Å². The van der Waals surface area contributed by atoms with Gasteiger partial charge in [-0.05, 0) is 13.0 Å². The molecule has 1 aliphatic rings. The first-order valence-corrected chi connectivity index (χ1v) is 6.61. The molecule has 1 aromatic rings. The number of cyclic esters (lactones) is 1. The molecule has 1 saturated heterocycles. The summed E-state index contributed by atoms with van der Waals surface area (Å²) in [4.78, 5) is 11.4. The van der Waals surface area contributed by atoms with Crippen molar-refractivity contribution in [1.82, 2.24) is 0 Å². The second kappa shape index (κ2) is 5.45. The molecule has 0 bridgehead atoms. The van der Waals surface area contributed by atoms with Crippen LogP contribution in [0.3, 0.4) is 0 Å². The molecule has 0 spiro atoms. The first kappa shape index (κ1) is 12.3. The summed E-state index contributed by atoms with van der Waals surface area (Å²) in [7, 11) is 1.67. The van der Waals surface area contributed by atoms with E-state index in [4.69, 9.17) is 9.47 Å². The van der Waals surface area contributed by atoms with Crippen molar-refractivity contribution in [3.05, 3.63) is 29.8 Å². The normalized spacial score (nSPS) is 21.1. The van der Waals surface area contributed by atoms with E-state index in [1.165, 1.54) is 0 Å². The molecule has 0 aliphatic carbocycles. The minimum absolute atomic E-state index is 0.0325. The van der Waals surface area contributed by atoms with E-state index in [2.05, 4.69) is 6.92 Å². The van der Waals surface area contributed by atoms with E-state index >= 15 is 0 Å². The SMILES string of the molecule is COc1ccccc1[C@H](C)S[C@H]1CCOC1=O. The third kappa shape index (κ3) is 2.75. The Morgan fingerprint density at radius 3 is 2.88 bits per heavy atom. The first-order valence-electron chi connectivity index (χ1n) is 5.67. The van der Waals surface area contributed by atoms with Crippen molar-refractivity contribution in [3.8, 4) is 5.75 Å². The Labute approximate surface area is 105 Å². The van der Waals surface area contributed by atoms with Gasteiger partial charge in [-0.15, -0.1) is 11.8 Å². The van der Waals surface area contributed by atoms with Crippen LogP contribution in [0.5, 0.6) is 5.75 Å². The third-order valence-corrected chi connectivity index (χ3v) is 4.25. The predicted molar refractivity (Wildman–Crippen MR) is 68.4 cm³/mol. The van der Waals surface area contributed by atoms with Gasteiger partial charge in [0.05, 0.1) is 13.7 Å². The molecule has 0 radical (unpaired) electrons. The molecule has 0 amide bonds. The van der Waals surface area contributed by atoms with Gasteiger partial charge in [-0.2, -0.15) is 0 Å². The highest BCUT2D eigenvalue weighted by atomic mass is 32.2. The minimum atomic E-state index is -0.0863. The highest BCUT2D eigenvalue weighted by Crippen LogP contribution is 2.39. The fraction of sp³-hybridized carbons (Fsp3) is 0.462. The van der Waals surface area contributed by atoms with Crippen molar-refractivity contribution < 1.29 is 14.3 Å². The second-order valence-electron chi connectivity index (χ2n) is 3.97. The summed E-state index contributed by atoms with van der Waals surface area (Å²) in [5, 5.41) is 0.191. The van der Waals surface area contributed by atoms with Crippen LogP contribution in [0.2, 0.25) is 0 Å². The molecule has 4 heteroatoms. The maximum atomic E-state index is 11.4. The Hall–Kier alpha value is -1.16. The van der Waals surface area contributed by atoms with E-state index in [0.717, 1.165) is 17.7 Å². The summed E-state index contributed by atoms with van der Waals surface area (Å²) in [6.45, 7) is 2.64. The largest absolute Gasteiger partial charge is 0.496 e. The monoisotopic (exact) mass is 252 g/mol. The summed E-state index contributed by atoms with van der Waals surface area (Å²) >= 11 is 1.64. The zero-order valence-corrected chi connectivity index (χ0v) is 10.8. The van der Waals surface area contributed by atoms with Crippen molar-refractivity contribution in [2.75, 3.05) is 13.7 Å². The minimum Gasteiger partial charge on any atom is -0.496 e. The summed E-state index contributed by atoms with van der Waals surface area (Å²) in [6, 6.07) is 7.92. The molecule has 1 aromatic carbocycles. The zero-order chi connectivity index (χ0) is 12.3. The fourth-order valence-corrected chi connectivity index (χ4v) is 3.17. The maximum absolute atomic E-state index is 11.4. The van der Waals surface area contributed by atoms with E-state index in [1.54, 1.807) is 18.9 Å². The van der Waals surface area contributed by atoms with Crippen LogP contribution in [-0.4, -0.2) is 24.9 Å². The van der Waals surface area contributed by atoms with E-state index in [0.29, 0.717) is 6.61 Å². The number of carbonyl (C=O) groups is 1. The van der Waals surface area contributed by atoms with Crippen LogP contribution in [0.15, 0.2) is 24.3 Å². The van der Waals surface area contributed by atoms with Crippen molar-refractivity contribution >= 4 is 17.7 Å². The number of para-hydroxylation sites is 1. The number of rotatable bonds is 4. The van der Waals surface area contributed by atoms with Crippen molar-refractivity contribution in [2.24, 2.45) is 0 Å². The lowest BCUT2D eigenvalue weighted by molar-refractivity contribution is -0.137. The molecule has 2 atom stereocenters. The third-order valence-electron chi connectivity index (χ3n) is 2.83. The van der Waals surface area contributed by atoms with Gasteiger partial charge in [0, 0.05) is 17.2 Å². The van der Waals surface area contributed by atoms with Crippen molar-refractivity contribution in [3.63, 3.8) is 0 Å². The molecule has 92 valence electrons. The second-order valence-corrected chi connectivity index (χ2v) is 5.51. The van der Waals surface area contributed by atoms with E-state index < -0.39 is 0 Å². The van der Waals surface area contributed by atoms with Crippen molar-refractivity contribution in [1.29, 1.82) is 0 Å². The Kier molecular flexibility index (Phi) is 3.94. The Morgan fingerprint density at radius 2 is 2.24 bits per heavy atom. The summed E-state index contributed by atoms with van der Waals surface area (Å²) in [6.07, 6.45) is 0.809. The molecule has 1 aliphatic heterocycles. The lowest BCUT2D eigenvalue weighted by Gasteiger charge is -2.17. The van der Waals surface area contributed by atoms with Crippen molar-refractivity contribution in [2.45, 2.75) is 23.8 Å². The zero-order valence-electron chi connectivity index (χ0n) is 10.0. The molecule has 3 nitrogen and oxygen atoms in total. The lowest BCUT2D eigenvalue weighted by Crippen LogP contribution is -2.11. The summed E-state index contributed by atoms with van der Waals surface area (Å²) in [5.74, 6) is 0.788. The van der Waals surface area contributed by atoms with Crippen LogP contribution in [-0.2, 0) is 9.53 Å². The van der Waals surface area contributed by atoms with Gasteiger partial charge in [0.1, 0.15) is 11.0 Å². The predicted octanol–water partition coefficient (Wildman–Crippen LogP) is 2.80. The average molecular weight is 252 g/mol. The van der Waals surface area contributed by atoms with Crippen LogP contribution in [0.25, 0.3) is 0 Å². The van der Waals surface area contributed by atoms with Crippen LogP contribution in [0.4, 0.5) is 0 Å². The molecule has 0 aromatic heterocycles. The quantitative estimate of drug-likeness (QED) is 0.772. The molecule has 2 rings (SSSR count). The lowest BCUT2D eigenvalue weighted by atomic mass is 10.1. The molecule has 0 saturated carbocycles. The van der Waals surface area contributed by atoms with Gasteiger partial charge in [-0.25, -0.2) is 0 Å². The van der Waals surface area contributed by atoms with Gasteiger partial charge < -0.3 is 9.47 Å². The molecule has 1 heterocycles. The number of thioether (sulfide) groups is 1. The molecule has 0 N–H and O–H groups in total. The van der Waals surface area contributed by atoms with E-state index in [1.807, 2.05) is 24.3 Å². The fourth-order valence-electron chi connectivity index (χ4n) is 1.92. The topological polar surface area (TPSA) is 35.5 Å². The van der Waals surface area contributed by atoms with Gasteiger partial charge >= 0.3 is 5.97 Å². The first-order chi connectivity index (χ1) is 8.22. The molecule has 17 heavy (non-hydrogen) atoms. The number of esters is 1. The Morgan fingerprint density at radius 1 is 1.47 bits per heavy atom. The smallest absolute Gasteiger partial charge is 0.319 e. The van der Waals surface area contributed by atoms with Gasteiger partial charge in [0.25, 0.3) is 0 Å². The molecular formula is C13H16O3S. The molecular weight excluding hydrogens is 236 g/mol. The summed E-state index contributed by atoms with van der Waals surface area (Å²) < 4.78 is 10.3. The van der Waals surface area contributed by atoms with E-state index in [-0.39, 0.29) is 16.5 Å². The summed E-state index contributed by atoms with van der Waals surface area (Å²) in [5.41, 5.74) is 1.12. The van der Waals surface area contributed by atoms with Gasteiger partial charge in [0.2, 0.25) is 0 Å². The standard InChI is InChI=1S/C13H16O3S/c1-9(17-12-7-8-16-13(12)14)10-5-3-4-6-11(10)15-2/h3-6,9,12H,7-8H2,1-2H3/t9-,12-/m0/s1. The number of hydrogen-bond donors (Lipinski definition) is 0. The number of ether oxygens (including phenoxy) is 2. The average Bonchev–Trinajstić information content (AvgIpc) is 2.75. The molecule has 1 fully saturated rings. The molecule has 0 unspecified atom stereocenters. The number of benzene rings is 1. The van der Waals surface area contributed by atoms with Gasteiger partial charge in [-0.1, -0.05) is 18.2 Å². The van der Waals surface area contributed by atoms with Gasteiger partial charge in [0.15, 0.2) is 0 Å². The van der Waals surface area contributed by atoms with Crippen LogP contribution >= 0.6 is 11.8 Å².